The quantitative estimate of drug-likeness (QED) is 0.314. The summed E-state index contributed by atoms with van der Waals surface area (Å²) >= 11 is 1.14. The van der Waals surface area contributed by atoms with Gasteiger partial charge in [-0.05, 0) is 31.0 Å². The predicted octanol–water partition coefficient (Wildman–Crippen LogP) is 2.40. The van der Waals surface area contributed by atoms with E-state index in [2.05, 4.69) is 26.8 Å². The van der Waals surface area contributed by atoms with Gasteiger partial charge < -0.3 is 25.6 Å². The van der Waals surface area contributed by atoms with Crippen molar-refractivity contribution in [2.45, 2.75) is 31.7 Å². The summed E-state index contributed by atoms with van der Waals surface area (Å²) in [5.41, 5.74) is 1.16. The van der Waals surface area contributed by atoms with Crippen LogP contribution in [0, 0.1) is 6.92 Å². The topological polar surface area (TPSA) is 165 Å². The summed E-state index contributed by atoms with van der Waals surface area (Å²) in [5.74, 6) is -3.19. The van der Waals surface area contributed by atoms with Crippen LogP contribution >= 0.6 is 11.3 Å². The fraction of sp³-hybridized carbons (Fsp3) is 0.250. The number of hydrogen-bond acceptors (Lipinski definition) is 7. The van der Waals surface area contributed by atoms with E-state index in [4.69, 9.17) is 5.11 Å². The molecular weight excluding hydrogens is 424 g/mol. The molecule has 0 radical (unpaired) electrons. The fourth-order valence-electron chi connectivity index (χ4n) is 3.18. The van der Waals surface area contributed by atoms with Crippen LogP contribution in [0.4, 0.5) is 0 Å². The molecule has 11 heteroatoms. The van der Waals surface area contributed by atoms with Crippen LogP contribution in [0.25, 0.3) is 11.0 Å². The van der Waals surface area contributed by atoms with Gasteiger partial charge in [0.05, 0.1) is 10.3 Å². The number of aromatic nitrogens is 3. The van der Waals surface area contributed by atoms with Gasteiger partial charge in [0, 0.05) is 23.4 Å². The number of allylic oxidation sites excluding steroid dienone is 1. The molecule has 0 fully saturated rings. The highest BCUT2D eigenvalue weighted by Gasteiger charge is 2.25. The van der Waals surface area contributed by atoms with Gasteiger partial charge in [0.25, 0.3) is 5.91 Å². The van der Waals surface area contributed by atoms with E-state index in [0.29, 0.717) is 22.4 Å². The minimum Gasteiger partial charge on any atom is -0.493 e. The summed E-state index contributed by atoms with van der Waals surface area (Å²) in [7, 11) is 0. The Morgan fingerprint density at radius 3 is 2.68 bits per heavy atom. The number of nitrogens with zero attached hydrogens (tertiary/aromatic N) is 2. The second-order valence-electron chi connectivity index (χ2n) is 6.77. The number of aryl methyl sites for hydroxylation is 1. The van der Waals surface area contributed by atoms with E-state index < -0.39 is 23.9 Å². The molecule has 10 nitrogen and oxygen atoms in total. The minimum absolute atomic E-state index is 0.164. The molecule has 5 N–H and O–H groups in total. The standard InChI is InChI=1S/C20H20N4O6S/c1-3-10(11-8-21-17-16(11)19(28)23-9(2)22-17)13-5-6-14(31-13)18(27)24-12(20(29)30)4-7-15(25)26/h3,5-6,8,10,12H,1,4,7H2,2H3,(H,24,27)(H,25,26)(H,29,30)(H2,21,22,23,28)/t10?,12-/m0/s1. The molecule has 0 aliphatic rings. The zero-order valence-corrected chi connectivity index (χ0v) is 17.3. The van der Waals surface area contributed by atoms with E-state index in [9.17, 15) is 24.6 Å². The number of carboxylic acid groups (broad SMARTS) is 2. The molecule has 31 heavy (non-hydrogen) atoms. The summed E-state index contributed by atoms with van der Waals surface area (Å²) in [6.45, 7) is 5.51. The maximum Gasteiger partial charge on any atom is 0.326 e. The molecule has 0 bridgehead atoms. The van der Waals surface area contributed by atoms with Gasteiger partial charge in [0.15, 0.2) is 0 Å². The lowest BCUT2D eigenvalue weighted by Gasteiger charge is -2.13. The van der Waals surface area contributed by atoms with E-state index >= 15 is 0 Å². The van der Waals surface area contributed by atoms with Crippen molar-refractivity contribution in [3.63, 3.8) is 0 Å². The number of nitrogens with one attached hydrogen (secondary N) is 2. The summed E-state index contributed by atoms with van der Waals surface area (Å²) in [5, 5.41) is 31.1. The highest BCUT2D eigenvalue weighted by atomic mass is 32.1. The SMILES string of the molecule is C=CC(c1ccc(C(=O)N[C@@H](CCC(=O)O)C(=O)O)s1)c1c[nH]c2nc(C)nc(O)c12. The Hall–Kier alpha value is -3.73. The highest BCUT2D eigenvalue weighted by molar-refractivity contribution is 7.14. The third-order valence-electron chi connectivity index (χ3n) is 4.63. The van der Waals surface area contributed by atoms with Gasteiger partial charge in [0.1, 0.15) is 17.5 Å². The van der Waals surface area contributed by atoms with Crippen molar-refractivity contribution in [1.82, 2.24) is 20.3 Å². The number of rotatable bonds is 9. The number of hydrogen-bond donors (Lipinski definition) is 5. The summed E-state index contributed by atoms with van der Waals surface area (Å²) in [6.07, 6.45) is 2.74. The van der Waals surface area contributed by atoms with Crippen molar-refractivity contribution in [1.29, 1.82) is 0 Å². The Labute approximate surface area is 180 Å². The summed E-state index contributed by atoms with van der Waals surface area (Å²) < 4.78 is 0. The average Bonchev–Trinajstić information content (AvgIpc) is 3.33. The van der Waals surface area contributed by atoms with Crippen molar-refractivity contribution in [3.8, 4) is 5.88 Å². The third-order valence-corrected chi connectivity index (χ3v) is 5.80. The minimum atomic E-state index is -1.31. The first-order chi connectivity index (χ1) is 14.7. The van der Waals surface area contributed by atoms with E-state index in [-0.39, 0.29) is 29.5 Å². The molecule has 3 rings (SSSR count). The van der Waals surface area contributed by atoms with Gasteiger partial charge >= 0.3 is 11.9 Å². The predicted molar refractivity (Wildman–Crippen MR) is 112 cm³/mol. The maximum atomic E-state index is 12.5. The Balaban J connectivity index is 1.85. The Bertz CT molecular complexity index is 1170. The fourth-order valence-corrected chi connectivity index (χ4v) is 4.21. The van der Waals surface area contributed by atoms with Crippen molar-refractivity contribution in [3.05, 3.63) is 52.1 Å². The van der Waals surface area contributed by atoms with Crippen LogP contribution in [0.3, 0.4) is 0 Å². The number of amides is 1. The second-order valence-corrected chi connectivity index (χ2v) is 7.89. The van der Waals surface area contributed by atoms with Gasteiger partial charge in [-0.25, -0.2) is 9.78 Å². The number of carbonyl (C=O) groups is 3. The molecule has 0 aromatic carbocycles. The number of fused-ring (bicyclic) bond motifs is 1. The molecule has 1 unspecified atom stereocenters. The van der Waals surface area contributed by atoms with Gasteiger partial charge in [-0.2, -0.15) is 4.98 Å². The largest absolute Gasteiger partial charge is 0.493 e. The molecule has 0 spiro atoms. The molecule has 0 saturated heterocycles. The maximum absolute atomic E-state index is 12.5. The Kier molecular flexibility index (Phi) is 6.35. The van der Waals surface area contributed by atoms with Gasteiger partial charge in [-0.3, -0.25) is 9.59 Å². The van der Waals surface area contributed by atoms with Crippen LogP contribution in [0.5, 0.6) is 5.88 Å². The number of carbonyl (C=O) groups excluding carboxylic acids is 1. The van der Waals surface area contributed by atoms with E-state index in [0.717, 1.165) is 16.2 Å². The molecule has 1 amide bonds. The number of carboxylic acids is 2. The molecule has 0 saturated carbocycles. The normalized spacial score (nSPS) is 12.9. The molecule has 3 aromatic rings. The molecule has 3 heterocycles. The second kappa shape index (κ2) is 8.96. The van der Waals surface area contributed by atoms with E-state index in [1.54, 1.807) is 31.3 Å². The number of thiophene rings is 1. The Morgan fingerprint density at radius 1 is 1.29 bits per heavy atom. The van der Waals surface area contributed by atoms with Gasteiger partial charge in [-0.15, -0.1) is 17.9 Å². The van der Waals surface area contributed by atoms with E-state index in [1.165, 1.54) is 0 Å². The van der Waals surface area contributed by atoms with Crippen LogP contribution in [0.15, 0.2) is 31.0 Å². The molecule has 0 aliphatic carbocycles. The van der Waals surface area contributed by atoms with Crippen LogP contribution in [-0.2, 0) is 9.59 Å². The number of aromatic amines is 1. The van der Waals surface area contributed by atoms with Crippen LogP contribution in [0.2, 0.25) is 0 Å². The third kappa shape index (κ3) is 4.72. The zero-order chi connectivity index (χ0) is 22.7. The van der Waals surface area contributed by atoms with Crippen molar-refractivity contribution in [2.24, 2.45) is 0 Å². The van der Waals surface area contributed by atoms with Crippen LogP contribution in [-0.4, -0.2) is 54.2 Å². The molecular formula is C20H20N4O6S. The smallest absolute Gasteiger partial charge is 0.326 e. The Morgan fingerprint density at radius 2 is 2.03 bits per heavy atom. The average molecular weight is 444 g/mol. The molecule has 162 valence electrons. The molecule has 2 atom stereocenters. The van der Waals surface area contributed by atoms with Crippen LogP contribution < -0.4 is 5.32 Å². The first kappa shape index (κ1) is 22.0. The lowest BCUT2D eigenvalue weighted by Crippen LogP contribution is -2.40. The number of aliphatic carboxylic acids is 2. The number of H-pyrrole nitrogens is 1. The molecule has 0 aliphatic heterocycles. The highest BCUT2D eigenvalue weighted by Crippen LogP contribution is 2.37. The van der Waals surface area contributed by atoms with Gasteiger partial charge in [-0.1, -0.05) is 6.08 Å². The zero-order valence-electron chi connectivity index (χ0n) is 16.5. The van der Waals surface area contributed by atoms with E-state index in [1.807, 2.05) is 0 Å². The van der Waals surface area contributed by atoms with Gasteiger partial charge in [0.2, 0.25) is 5.88 Å². The van der Waals surface area contributed by atoms with Crippen molar-refractivity contribution < 1.29 is 29.7 Å². The lowest BCUT2D eigenvalue weighted by molar-refractivity contribution is -0.140. The lowest BCUT2D eigenvalue weighted by atomic mass is 9.98. The van der Waals surface area contributed by atoms with Crippen molar-refractivity contribution >= 4 is 40.2 Å². The molecule has 3 aromatic heterocycles. The first-order valence-electron chi connectivity index (χ1n) is 9.23. The van der Waals surface area contributed by atoms with Crippen LogP contribution in [0.1, 0.15) is 44.7 Å². The monoisotopic (exact) mass is 444 g/mol. The summed E-state index contributed by atoms with van der Waals surface area (Å²) in [6, 6.07) is 1.96. The number of aromatic hydroxyl groups is 1. The summed E-state index contributed by atoms with van der Waals surface area (Å²) in [4.78, 5) is 46.8. The van der Waals surface area contributed by atoms with Crippen molar-refractivity contribution in [2.75, 3.05) is 0 Å². The first-order valence-corrected chi connectivity index (χ1v) is 10.0.